The van der Waals surface area contributed by atoms with Crippen molar-refractivity contribution in [2.24, 2.45) is 11.8 Å². The minimum absolute atomic E-state index is 0.0102. The molecular weight excluding hydrogens is 238 g/mol. The first-order chi connectivity index (χ1) is 9.22. The van der Waals surface area contributed by atoms with Crippen LogP contribution in [-0.2, 0) is 0 Å². The second-order valence-electron chi connectivity index (χ2n) is 5.63. The minimum atomic E-state index is 0.0102. The summed E-state index contributed by atoms with van der Waals surface area (Å²) in [4.78, 5) is 19.3. The number of carbonyl (C=O) groups excluding carboxylic acids is 1. The Balaban J connectivity index is 1.63. The summed E-state index contributed by atoms with van der Waals surface area (Å²) in [7, 11) is 0. The summed E-state index contributed by atoms with van der Waals surface area (Å²) in [5.41, 5.74) is 2.49. The Morgan fingerprint density at radius 1 is 1.47 bits per heavy atom. The molecule has 1 aliphatic rings. The number of nitrogens with one attached hydrogen (secondary N) is 2. The summed E-state index contributed by atoms with van der Waals surface area (Å²) in [6, 6.07) is 5.56. The number of imidazole rings is 1. The van der Waals surface area contributed by atoms with Gasteiger partial charge in [0.1, 0.15) is 0 Å². The van der Waals surface area contributed by atoms with E-state index in [4.69, 9.17) is 0 Å². The predicted molar refractivity (Wildman–Crippen MR) is 74.9 cm³/mol. The van der Waals surface area contributed by atoms with E-state index >= 15 is 0 Å². The SMILES string of the molecule is CC1CCC(CNC(=O)c2ccc3nc[nH]c3c2)C1. The van der Waals surface area contributed by atoms with Gasteiger partial charge in [-0.15, -0.1) is 0 Å². The van der Waals surface area contributed by atoms with E-state index in [9.17, 15) is 4.79 Å². The van der Waals surface area contributed by atoms with Crippen LogP contribution in [0.15, 0.2) is 24.5 Å². The number of carbonyl (C=O) groups is 1. The highest BCUT2D eigenvalue weighted by molar-refractivity contribution is 5.97. The van der Waals surface area contributed by atoms with Gasteiger partial charge in [-0.3, -0.25) is 4.79 Å². The first-order valence-corrected chi connectivity index (χ1v) is 6.93. The number of hydrogen-bond donors (Lipinski definition) is 2. The van der Waals surface area contributed by atoms with Gasteiger partial charge in [-0.05, 0) is 42.9 Å². The molecule has 3 rings (SSSR count). The van der Waals surface area contributed by atoms with E-state index in [-0.39, 0.29) is 5.91 Å². The molecule has 4 nitrogen and oxygen atoms in total. The van der Waals surface area contributed by atoms with Crippen molar-refractivity contribution >= 4 is 16.9 Å². The Labute approximate surface area is 112 Å². The molecule has 2 atom stereocenters. The van der Waals surface area contributed by atoms with E-state index in [1.165, 1.54) is 19.3 Å². The predicted octanol–water partition coefficient (Wildman–Crippen LogP) is 2.73. The van der Waals surface area contributed by atoms with Gasteiger partial charge in [0.2, 0.25) is 0 Å². The number of hydrogen-bond acceptors (Lipinski definition) is 2. The van der Waals surface area contributed by atoms with Gasteiger partial charge in [-0.2, -0.15) is 0 Å². The van der Waals surface area contributed by atoms with Crippen LogP contribution in [0.5, 0.6) is 0 Å². The Morgan fingerprint density at radius 2 is 2.37 bits per heavy atom. The minimum Gasteiger partial charge on any atom is -0.352 e. The number of aromatic nitrogens is 2. The van der Waals surface area contributed by atoms with Crippen molar-refractivity contribution in [1.82, 2.24) is 15.3 Å². The van der Waals surface area contributed by atoms with Gasteiger partial charge in [0.25, 0.3) is 5.91 Å². The van der Waals surface area contributed by atoms with Crippen molar-refractivity contribution < 1.29 is 4.79 Å². The molecule has 0 bridgehead atoms. The van der Waals surface area contributed by atoms with Crippen molar-refractivity contribution in [2.45, 2.75) is 26.2 Å². The molecule has 100 valence electrons. The van der Waals surface area contributed by atoms with E-state index in [1.54, 1.807) is 6.33 Å². The number of amides is 1. The van der Waals surface area contributed by atoms with Gasteiger partial charge in [0.05, 0.1) is 17.4 Å². The summed E-state index contributed by atoms with van der Waals surface area (Å²) < 4.78 is 0. The van der Waals surface area contributed by atoms with Gasteiger partial charge in [-0.1, -0.05) is 13.3 Å². The van der Waals surface area contributed by atoms with Crippen LogP contribution in [-0.4, -0.2) is 22.4 Å². The first-order valence-electron chi connectivity index (χ1n) is 6.93. The maximum absolute atomic E-state index is 12.1. The highest BCUT2D eigenvalue weighted by Crippen LogP contribution is 2.29. The third-order valence-electron chi connectivity index (χ3n) is 4.04. The van der Waals surface area contributed by atoms with Crippen molar-refractivity contribution in [2.75, 3.05) is 6.54 Å². The topological polar surface area (TPSA) is 57.8 Å². The monoisotopic (exact) mass is 257 g/mol. The fourth-order valence-corrected chi connectivity index (χ4v) is 2.93. The molecule has 2 N–H and O–H groups in total. The van der Waals surface area contributed by atoms with E-state index in [0.29, 0.717) is 11.5 Å². The van der Waals surface area contributed by atoms with Crippen LogP contribution >= 0.6 is 0 Å². The van der Waals surface area contributed by atoms with Crippen molar-refractivity contribution in [1.29, 1.82) is 0 Å². The molecule has 2 unspecified atom stereocenters. The zero-order valence-corrected chi connectivity index (χ0v) is 11.1. The summed E-state index contributed by atoms with van der Waals surface area (Å²) in [5.74, 6) is 1.47. The lowest BCUT2D eigenvalue weighted by Gasteiger charge is -2.11. The van der Waals surface area contributed by atoms with E-state index in [0.717, 1.165) is 23.5 Å². The largest absolute Gasteiger partial charge is 0.352 e. The molecule has 1 aliphatic carbocycles. The maximum atomic E-state index is 12.1. The summed E-state index contributed by atoms with van der Waals surface area (Å²) in [6.07, 6.45) is 5.41. The van der Waals surface area contributed by atoms with E-state index in [1.807, 2.05) is 18.2 Å². The summed E-state index contributed by atoms with van der Waals surface area (Å²) in [6.45, 7) is 3.08. The van der Waals surface area contributed by atoms with Crippen LogP contribution in [0.1, 0.15) is 36.5 Å². The smallest absolute Gasteiger partial charge is 0.251 e. The van der Waals surface area contributed by atoms with Gasteiger partial charge < -0.3 is 10.3 Å². The number of benzene rings is 1. The lowest BCUT2D eigenvalue weighted by Crippen LogP contribution is -2.28. The Bertz CT molecular complexity index is 590. The number of nitrogens with zero attached hydrogens (tertiary/aromatic N) is 1. The molecule has 1 amide bonds. The molecular formula is C15H19N3O. The highest BCUT2D eigenvalue weighted by Gasteiger charge is 2.21. The lowest BCUT2D eigenvalue weighted by atomic mass is 10.1. The van der Waals surface area contributed by atoms with Gasteiger partial charge >= 0.3 is 0 Å². The van der Waals surface area contributed by atoms with Crippen LogP contribution in [0, 0.1) is 11.8 Å². The average molecular weight is 257 g/mol. The molecule has 0 spiro atoms. The zero-order chi connectivity index (χ0) is 13.2. The quantitative estimate of drug-likeness (QED) is 0.888. The highest BCUT2D eigenvalue weighted by atomic mass is 16.1. The van der Waals surface area contributed by atoms with Gasteiger partial charge in [0, 0.05) is 12.1 Å². The molecule has 19 heavy (non-hydrogen) atoms. The van der Waals surface area contributed by atoms with Gasteiger partial charge in [0.15, 0.2) is 0 Å². The molecule has 1 aromatic carbocycles. The normalized spacial score (nSPS) is 22.8. The fourth-order valence-electron chi connectivity index (χ4n) is 2.93. The molecule has 1 fully saturated rings. The van der Waals surface area contributed by atoms with Crippen molar-refractivity contribution in [3.8, 4) is 0 Å². The number of aromatic amines is 1. The Hall–Kier alpha value is -1.84. The first kappa shape index (κ1) is 12.2. The summed E-state index contributed by atoms with van der Waals surface area (Å²) in [5, 5.41) is 3.05. The molecule has 1 aromatic heterocycles. The Morgan fingerprint density at radius 3 is 3.16 bits per heavy atom. The maximum Gasteiger partial charge on any atom is 0.251 e. The third kappa shape index (κ3) is 2.62. The van der Waals surface area contributed by atoms with Crippen LogP contribution in [0.2, 0.25) is 0 Å². The zero-order valence-electron chi connectivity index (χ0n) is 11.1. The molecule has 2 aromatic rings. The van der Waals surface area contributed by atoms with Gasteiger partial charge in [-0.25, -0.2) is 4.98 Å². The van der Waals surface area contributed by atoms with Crippen LogP contribution in [0.4, 0.5) is 0 Å². The third-order valence-corrected chi connectivity index (χ3v) is 4.04. The molecule has 0 saturated heterocycles. The molecule has 0 radical (unpaired) electrons. The molecule has 1 saturated carbocycles. The second-order valence-corrected chi connectivity index (χ2v) is 5.63. The fraction of sp³-hybridized carbons (Fsp3) is 0.467. The average Bonchev–Trinajstić information content (AvgIpc) is 3.03. The van der Waals surface area contributed by atoms with Crippen LogP contribution in [0.25, 0.3) is 11.0 Å². The number of H-pyrrole nitrogens is 1. The molecule has 0 aliphatic heterocycles. The second kappa shape index (κ2) is 5.03. The van der Waals surface area contributed by atoms with E-state index in [2.05, 4.69) is 22.2 Å². The molecule has 1 heterocycles. The van der Waals surface area contributed by atoms with Crippen molar-refractivity contribution in [3.05, 3.63) is 30.1 Å². The van der Waals surface area contributed by atoms with Crippen LogP contribution < -0.4 is 5.32 Å². The summed E-state index contributed by atoms with van der Waals surface area (Å²) >= 11 is 0. The van der Waals surface area contributed by atoms with E-state index < -0.39 is 0 Å². The van der Waals surface area contributed by atoms with Crippen molar-refractivity contribution in [3.63, 3.8) is 0 Å². The molecule has 4 heteroatoms. The lowest BCUT2D eigenvalue weighted by molar-refractivity contribution is 0.0947. The number of fused-ring (bicyclic) bond motifs is 1. The standard InChI is InChI=1S/C15H19N3O/c1-10-2-3-11(6-10)8-16-15(19)12-4-5-13-14(7-12)18-9-17-13/h4-5,7,9-11H,2-3,6,8H2,1H3,(H,16,19)(H,17,18). The Kier molecular flexibility index (Phi) is 3.23. The number of rotatable bonds is 3. The van der Waals surface area contributed by atoms with Crippen LogP contribution in [0.3, 0.4) is 0 Å².